The third kappa shape index (κ3) is 4.67. The SMILES string of the molecule is CSC1=[N+](CCc2ccccc2)CC=CS1.[I-]. The Labute approximate surface area is 129 Å². The van der Waals surface area contributed by atoms with Crippen LogP contribution in [0.15, 0.2) is 41.8 Å². The van der Waals surface area contributed by atoms with Crippen molar-refractivity contribution >= 4 is 27.9 Å². The first-order valence-corrected chi connectivity index (χ1v) is 7.52. The van der Waals surface area contributed by atoms with E-state index in [0.717, 1.165) is 19.5 Å². The molecule has 0 atom stereocenters. The van der Waals surface area contributed by atoms with E-state index in [1.54, 1.807) is 0 Å². The van der Waals surface area contributed by atoms with Crippen LogP contribution in [0.5, 0.6) is 0 Å². The van der Waals surface area contributed by atoms with Crippen LogP contribution in [-0.4, -0.2) is 28.3 Å². The van der Waals surface area contributed by atoms with Gasteiger partial charge in [0.05, 0.1) is 0 Å². The molecule has 1 heterocycles. The van der Waals surface area contributed by atoms with E-state index in [4.69, 9.17) is 0 Å². The highest BCUT2D eigenvalue weighted by Crippen LogP contribution is 2.19. The lowest BCUT2D eigenvalue weighted by molar-refractivity contribution is -0.512. The molecule has 0 amide bonds. The summed E-state index contributed by atoms with van der Waals surface area (Å²) in [6.45, 7) is 2.16. The lowest BCUT2D eigenvalue weighted by Gasteiger charge is -2.08. The van der Waals surface area contributed by atoms with E-state index in [1.165, 1.54) is 9.94 Å². The molecule has 1 aliphatic rings. The lowest BCUT2D eigenvalue weighted by Crippen LogP contribution is -3.00. The summed E-state index contributed by atoms with van der Waals surface area (Å²) in [6.07, 6.45) is 5.51. The Kier molecular flexibility index (Phi) is 7.30. The summed E-state index contributed by atoms with van der Waals surface area (Å²) in [4.78, 5) is 0. The van der Waals surface area contributed by atoms with Gasteiger partial charge in [-0.25, -0.2) is 4.58 Å². The highest BCUT2D eigenvalue weighted by atomic mass is 127. The molecule has 0 N–H and O–H groups in total. The molecular weight excluding hydrogens is 361 g/mol. The Hall–Kier alpha value is 0.0600. The van der Waals surface area contributed by atoms with Crippen LogP contribution in [0, 0.1) is 0 Å². The zero-order valence-electron chi connectivity index (χ0n) is 9.80. The highest BCUT2D eigenvalue weighted by molar-refractivity contribution is 8.39. The molecule has 0 unspecified atom stereocenters. The molecule has 0 bridgehead atoms. The molecule has 0 fully saturated rings. The van der Waals surface area contributed by atoms with E-state index >= 15 is 0 Å². The predicted molar refractivity (Wildman–Crippen MR) is 75.4 cm³/mol. The molecule has 1 aromatic rings. The zero-order chi connectivity index (χ0) is 11.2. The van der Waals surface area contributed by atoms with Gasteiger partial charge in [-0.1, -0.05) is 42.1 Å². The topological polar surface area (TPSA) is 3.01 Å². The largest absolute Gasteiger partial charge is 1.00 e. The van der Waals surface area contributed by atoms with Gasteiger partial charge in [-0.3, -0.25) is 0 Å². The molecule has 1 aliphatic heterocycles. The number of hydrogen-bond acceptors (Lipinski definition) is 2. The van der Waals surface area contributed by atoms with Crippen molar-refractivity contribution in [3.63, 3.8) is 0 Å². The third-order valence-electron chi connectivity index (χ3n) is 2.54. The smallest absolute Gasteiger partial charge is 0.274 e. The van der Waals surface area contributed by atoms with E-state index in [0.29, 0.717) is 0 Å². The summed E-state index contributed by atoms with van der Waals surface area (Å²) in [5.74, 6) is 0. The molecule has 0 aromatic heterocycles. The molecule has 1 aromatic carbocycles. The van der Waals surface area contributed by atoms with Crippen molar-refractivity contribution in [2.75, 3.05) is 19.3 Å². The van der Waals surface area contributed by atoms with Crippen LogP contribution < -0.4 is 24.0 Å². The minimum atomic E-state index is 0. The van der Waals surface area contributed by atoms with Gasteiger partial charge in [0.2, 0.25) is 0 Å². The van der Waals surface area contributed by atoms with Crippen molar-refractivity contribution in [1.82, 2.24) is 0 Å². The van der Waals surface area contributed by atoms with Gasteiger partial charge in [0.15, 0.2) is 6.54 Å². The average Bonchev–Trinajstić information content (AvgIpc) is 2.38. The molecule has 0 aliphatic carbocycles. The molecule has 17 heavy (non-hydrogen) atoms. The van der Waals surface area contributed by atoms with E-state index < -0.39 is 0 Å². The Morgan fingerprint density at radius 3 is 2.76 bits per heavy atom. The van der Waals surface area contributed by atoms with Crippen molar-refractivity contribution in [2.45, 2.75) is 6.42 Å². The number of rotatable bonds is 3. The van der Waals surface area contributed by atoms with E-state index in [2.05, 4.69) is 52.6 Å². The van der Waals surface area contributed by atoms with Gasteiger partial charge in [-0.2, -0.15) is 0 Å². The van der Waals surface area contributed by atoms with Crippen LogP contribution in [0.25, 0.3) is 0 Å². The second kappa shape index (κ2) is 8.21. The summed E-state index contributed by atoms with van der Waals surface area (Å²) < 4.78 is 3.86. The van der Waals surface area contributed by atoms with Crippen molar-refractivity contribution in [3.05, 3.63) is 47.4 Å². The fraction of sp³-hybridized carbons (Fsp3) is 0.308. The van der Waals surface area contributed by atoms with Crippen LogP contribution in [0.2, 0.25) is 0 Å². The fourth-order valence-electron chi connectivity index (χ4n) is 1.69. The highest BCUT2D eigenvalue weighted by Gasteiger charge is 2.15. The quantitative estimate of drug-likeness (QED) is 0.548. The summed E-state index contributed by atoms with van der Waals surface area (Å²) in [5, 5.41) is 2.19. The zero-order valence-corrected chi connectivity index (χ0v) is 13.6. The van der Waals surface area contributed by atoms with E-state index in [9.17, 15) is 0 Å². The van der Waals surface area contributed by atoms with Gasteiger partial charge < -0.3 is 24.0 Å². The van der Waals surface area contributed by atoms with Crippen LogP contribution in [-0.2, 0) is 6.42 Å². The Bertz CT molecular complexity index is 401. The Balaban J connectivity index is 0.00000144. The Morgan fingerprint density at radius 1 is 1.29 bits per heavy atom. The molecule has 2 rings (SSSR count). The van der Waals surface area contributed by atoms with Crippen molar-refractivity contribution in [2.24, 2.45) is 0 Å². The number of benzene rings is 1. The monoisotopic (exact) mass is 377 g/mol. The second-order valence-corrected chi connectivity index (χ2v) is 5.59. The first-order chi connectivity index (χ1) is 7.90. The average molecular weight is 377 g/mol. The normalized spacial score (nSPS) is 14.6. The van der Waals surface area contributed by atoms with E-state index in [-0.39, 0.29) is 24.0 Å². The first kappa shape index (κ1) is 15.1. The molecule has 0 spiro atoms. The molecule has 0 saturated carbocycles. The van der Waals surface area contributed by atoms with Crippen molar-refractivity contribution < 1.29 is 28.6 Å². The number of nitrogens with zero attached hydrogens (tertiary/aromatic N) is 1. The molecule has 4 heteroatoms. The Morgan fingerprint density at radius 2 is 2.06 bits per heavy atom. The van der Waals surface area contributed by atoms with Crippen LogP contribution in [0.1, 0.15) is 5.56 Å². The number of thioether (sulfide) groups is 2. The maximum atomic E-state index is 2.45. The van der Waals surface area contributed by atoms with Crippen LogP contribution in [0.4, 0.5) is 0 Å². The maximum Gasteiger partial charge on any atom is 0.274 e. The summed E-state index contributed by atoms with van der Waals surface area (Å²) >= 11 is 3.67. The third-order valence-corrected chi connectivity index (χ3v) is 4.72. The lowest BCUT2D eigenvalue weighted by atomic mass is 10.1. The van der Waals surface area contributed by atoms with Crippen LogP contribution >= 0.6 is 23.5 Å². The van der Waals surface area contributed by atoms with Gasteiger partial charge in [-0.15, -0.1) is 0 Å². The van der Waals surface area contributed by atoms with Crippen molar-refractivity contribution in [1.29, 1.82) is 0 Å². The van der Waals surface area contributed by atoms with Gasteiger partial charge in [0.1, 0.15) is 6.54 Å². The summed E-state index contributed by atoms with van der Waals surface area (Å²) in [6, 6.07) is 10.7. The predicted octanol–water partition coefficient (Wildman–Crippen LogP) is 0.225. The summed E-state index contributed by atoms with van der Waals surface area (Å²) in [5.41, 5.74) is 1.42. The van der Waals surface area contributed by atoms with Gasteiger partial charge in [0.25, 0.3) is 4.38 Å². The molecular formula is C13H16INS2. The maximum absolute atomic E-state index is 2.45. The number of halogens is 1. The first-order valence-electron chi connectivity index (χ1n) is 5.41. The minimum Gasteiger partial charge on any atom is -1.00 e. The second-order valence-electron chi connectivity index (χ2n) is 3.64. The van der Waals surface area contributed by atoms with Gasteiger partial charge >= 0.3 is 0 Å². The molecule has 1 nitrogen and oxygen atoms in total. The minimum absolute atomic E-state index is 0. The van der Waals surface area contributed by atoms with E-state index in [1.807, 2.05) is 23.5 Å². The molecule has 0 radical (unpaired) electrons. The van der Waals surface area contributed by atoms with Crippen LogP contribution in [0.3, 0.4) is 0 Å². The molecule has 92 valence electrons. The van der Waals surface area contributed by atoms with Crippen molar-refractivity contribution in [3.8, 4) is 0 Å². The van der Waals surface area contributed by atoms with Gasteiger partial charge in [-0.05, 0) is 35.1 Å². The summed E-state index contributed by atoms with van der Waals surface area (Å²) in [7, 11) is 0. The fourth-order valence-corrected chi connectivity index (χ4v) is 3.28. The van der Waals surface area contributed by atoms with Gasteiger partial charge in [0, 0.05) is 6.42 Å². The number of hydrogen-bond donors (Lipinski definition) is 0. The molecule has 0 saturated heterocycles. The standard InChI is InChI=1S/C13H16NS2.HI/c1-15-13-14(9-5-11-16-13)10-8-12-6-3-2-4-7-12;/h2-7,11H,8-10H2,1H3;1H/q+1;/p-1.